The van der Waals surface area contributed by atoms with Gasteiger partial charge in [-0.15, -0.1) is 0 Å². The number of nitrogens with zero attached hydrogens (tertiary/aromatic N) is 2. The summed E-state index contributed by atoms with van der Waals surface area (Å²) < 4.78 is 14.4. The van der Waals surface area contributed by atoms with Gasteiger partial charge in [-0.25, -0.2) is 0 Å². The number of aryl methyl sites for hydroxylation is 2. The van der Waals surface area contributed by atoms with E-state index in [1.165, 1.54) is 5.69 Å². The fraction of sp³-hybridized carbons (Fsp3) is 0.786. The van der Waals surface area contributed by atoms with Crippen LogP contribution in [0.4, 0.5) is 0 Å². The van der Waals surface area contributed by atoms with Crippen molar-refractivity contribution >= 4 is 15.9 Å². The van der Waals surface area contributed by atoms with E-state index in [1.54, 1.807) is 7.11 Å². The summed E-state index contributed by atoms with van der Waals surface area (Å²) in [6.45, 7) is 3.54. The van der Waals surface area contributed by atoms with Crippen molar-refractivity contribution in [2.75, 3.05) is 27.4 Å². The van der Waals surface area contributed by atoms with Gasteiger partial charge in [0.1, 0.15) is 0 Å². The van der Waals surface area contributed by atoms with Crippen molar-refractivity contribution in [3.05, 3.63) is 15.9 Å². The van der Waals surface area contributed by atoms with Crippen LogP contribution in [0, 0.1) is 6.92 Å². The molecule has 2 rings (SSSR count). The average Bonchev–Trinajstić information content (AvgIpc) is 2.71. The van der Waals surface area contributed by atoms with Crippen molar-refractivity contribution in [3.8, 4) is 0 Å². The van der Waals surface area contributed by atoms with Crippen LogP contribution in [-0.2, 0) is 22.9 Å². The fourth-order valence-electron chi connectivity index (χ4n) is 3.06. The normalized spacial score (nSPS) is 20.1. The van der Waals surface area contributed by atoms with Crippen molar-refractivity contribution in [2.24, 2.45) is 7.05 Å². The Morgan fingerprint density at radius 3 is 2.60 bits per heavy atom. The quantitative estimate of drug-likeness (QED) is 0.884. The molecule has 1 aromatic rings. The van der Waals surface area contributed by atoms with Gasteiger partial charge in [0.15, 0.2) is 0 Å². The number of rotatable bonds is 5. The van der Waals surface area contributed by atoms with E-state index in [0.29, 0.717) is 0 Å². The predicted octanol–water partition coefficient (Wildman–Crippen LogP) is 1.82. The highest BCUT2D eigenvalue weighted by molar-refractivity contribution is 9.10. The van der Waals surface area contributed by atoms with Crippen LogP contribution in [0.2, 0.25) is 0 Å². The first-order valence-electron chi connectivity index (χ1n) is 7.02. The van der Waals surface area contributed by atoms with Gasteiger partial charge in [0.2, 0.25) is 0 Å². The minimum atomic E-state index is -0.162. The third-order valence-corrected chi connectivity index (χ3v) is 5.42. The molecule has 1 aromatic heterocycles. The number of aromatic nitrogens is 2. The van der Waals surface area contributed by atoms with E-state index in [-0.39, 0.29) is 11.6 Å². The van der Waals surface area contributed by atoms with Gasteiger partial charge >= 0.3 is 0 Å². The molecule has 0 aliphatic carbocycles. The highest BCUT2D eigenvalue weighted by atomic mass is 79.9. The third kappa shape index (κ3) is 2.93. The molecular formula is C14H24BrN3O2. The van der Waals surface area contributed by atoms with Crippen LogP contribution in [0.25, 0.3) is 0 Å². The Morgan fingerprint density at radius 1 is 1.50 bits per heavy atom. The summed E-state index contributed by atoms with van der Waals surface area (Å²) in [4.78, 5) is 0. The molecule has 20 heavy (non-hydrogen) atoms. The Kier molecular flexibility index (Phi) is 5.23. The minimum Gasteiger partial charge on any atom is -0.381 e. The van der Waals surface area contributed by atoms with Crippen molar-refractivity contribution in [2.45, 2.75) is 37.8 Å². The average molecular weight is 346 g/mol. The zero-order chi connectivity index (χ0) is 14.8. The minimum absolute atomic E-state index is 0.162. The summed E-state index contributed by atoms with van der Waals surface area (Å²) in [6.07, 6.45) is 2.72. The molecule has 0 radical (unpaired) electrons. The number of nitrogens with one attached hydrogen (secondary N) is 1. The zero-order valence-electron chi connectivity index (χ0n) is 12.7. The second kappa shape index (κ2) is 6.56. The standard InChI is InChI=1S/C14H24BrN3O2/c1-10-13(15)11(18(3)17-10)9-12(16-2)14(19-4)5-7-20-8-6-14/h12,16H,5-9H2,1-4H3. The summed E-state index contributed by atoms with van der Waals surface area (Å²) in [5.74, 6) is 0. The molecular weight excluding hydrogens is 322 g/mol. The number of halogens is 1. The Hall–Kier alpha value is -0.430. The Bertz CT molecular complexity index is 456. The van der Waals surface area contributed by atoms with Crippen LogP contribution < -0.4 is 5.32 Å². The van der Waals surface area contributed by atoms with E-state index < -0.39 is 0 Å². The zero-order valence-corrected chi connectivity index (χ0v) is 14.3. The van der Waals surface area contributed by atoms with Gasteiger partial charge in [0.25, 0.3) is 0 Å². The molecule has 0 saturated carbocycles. The molecule has 1 atom stereocenters. The molecule has 1 aliphatic heterocycles. The first kappa shape index (κ1) is 15.9. The van der Waals surface area contributed by atoms with Crippen molar-refractivity contribution in [1.82, 2.24) is 15.1 Å². The van der Waals surface area contributed by atoms with E-state index in [2.05, 4.69) is 26.3 Å². The molecule has 1 saturated heterocycles. The number of methoxy groups -OCH3 is 1. The van der Waals surface area contributed by atoms with Crippen molar-refractivity contribution in [3.63, 3.8) is 0 Å². The number of hydrogen-bond acceptors (Lipinski definition) is 4. The Balaban J connectivity index is 2.23. The summed E-state index contributed by atoms with van der Waals surface area (Å²) in [5, 5.41) is 7.90. The SMILES string of the molecule is CNC(Cc1c(Br)c(C)nn1C)C1(OC)CCOCC1. The van der Waals surface area contributed by atoms with Crippen LogP contribution in [0.5, 0.6) is 0 Å². The fourth-order valence-corrected chi connectivity index (χ4v) is 3.56. The lowest BCUT2D eigenvalue weighted by Crippen LogP contribution is -2.55. The lowest BCUT2D eigenvalue weighted by Gasteiger charge is -2.42. The maximum Gasteiger partial charge on any atom is 0.0878 e. The number of likely N-dealkylation sites (N-methyl/N-ethyl adjacent to an activating group) is 1. The molecule has 1 N–H and O–H groups in total. The van der Waals surface area contributed by atoms with E-state index in [4.69, 9.17) is 9.47 Å². The summed E-state index contributed by atoms with van der Waals surface area (Å²) in [7, 11) is 5.79. The molecule has 2 heterocycles. The second-order valence-corrected chi connectivity index (χ2v) is 6.19. The van der Waals surface area contributed by atoms with Crippen LogP contribution in [0.3, 0.4) is 0 Å². The molecule has 0 bridgehead atoms. The summed E-state index contributed by atoms with van der Waals surface area (Å²) in [5.41, 5.74) is 2.06. The van der Waals surface area contributed by atoms with Gasteiger partial charge in [0, 0.05) is 52.7 Å². The maximum absolute atomic E-state index is 5.90. The second-order valence-electron chi connectivity index (χ2n) is 5.40. The third-order valence-electron chi connectivity index (χ3n) is 4.39. The molecule has 0 aromatic carbocycles. The molecule has 1 aliphatic rings. The van der Waals surface area contributed by atoms with E-state index in [9.17, 15) is 0 Å². The van der Waals surface area contributed by atoms with Crippen LogP contribution in [-0.4, -0.2) is 48.8 Å². The molecule has 5 nitrogen and oxygen atoms in total. The van der Waals surface area contributed by atoms with Crippen molar-refractivity contribution < 1.29 is 9.47 Å². The lowest BCUT2D eigenvalue weighted by atomic mass is 9.83. The largest absolute Gasteiger partial charge is 0.381 e. The smallest absolute Gasteiger partial charge is 0.0878 e. The number of hydrogen-bond donors (Lipinski definition) is 1. The Morgan fingerprint density at radius 2 is 2.15 bits per heavy atom. The molecule has 1 fully saturated rings. The van der Waals surface area contributed by atoms with Gasteiger partial charge in [0.05, 0.1) is 21.5 Å². The molecule has 0 spiro atoms. The molecule has 0 amide bonds. The molecule has 1 unspecified atom stereocenters. The van der Waals surface area contributed by atoms with Crippen LogP contribution in [0.1, 0.15) is 24.2 Å². The topological polar surface area (TPSA) is 48.3 Å². The Labute approximate surface area is 129 Å². The van der Waals surface area contributed by atoms with Gasteiger partial charge in [-0.2, -0.15) is 5.10 Å². The van der Waals surface area contributed by atoms with E-state index in [1.807, 2.05) is 25.7 Å². The van der Waals surface area contributed by atoms with Gasteiger partial charge in [-0.05, 0) is 29.9 Å². The van der Waals surface area contributed by atoms with Gasteiger partial charge < -0.3 is 14.8 Å². The van der Waals surface area contributed by atoms with E-state index in [0.717, 1.165) is 42.6 Å². The van der Waals surface area contributed by atoms with Crippen molar-refractivity contribution in [1.29, 1.82) is 0 Å². The monoisotopic (exact) mass is 345 g/mol. The van der Waals surface area contributed by atoms with Gasteiger partial charge in [-0.3, -0.25) is 4.68 Å². The summed E-state index contributed by atoms with van der Waals surface area (Å²) in [6, 6.07) is 0.238. The van der Waals surface area contributed by atoms with Crippen LogP contribution >= 0.6 is 15.9 Å². The predicted molar refractivity (Wildman–Crippen MR) is 82.0 cm³/mol. The lowest BCUT2D eigenvalue weighted by molar-refractivity contribution is -0.109. The highest BCUT2D eigenvalue weighted by Gasteiger charge is 2.40. The van der Waals surface area contributed by atoms with Gasteiger partial charge in [-0.1, -0.05) is 0 Å². The maximum atomic E-state index is 5.90. The van der Waals surface area contributed by atoms with E-state index >= 15 is 0 Å². The van der Waals surface area contributed by atoms with Crippen LogP contribution in [0.15, 0.2) is 4.47 Å². The first-order valence-corrected chi connectivity index (χ1v) is 7.81. The first-order chi connectivity index (χ1) is 9.54. The molecule has 114 valence electrons. The molecule has 6 heteroatoms. The number of ether oxygens (including phenoxy) is 2. The highest BCUT2D eigenvalue weighted by Crippen LogP contribution is 2.31. The summed E-state index contributed by atoms with van der Waals surface area (Å²) >= 11 is 3.65.